The van der Waals surface area contributed by atoms with Gasteiger partial charge < -0.3 is 5.11 Å². The van der Waals surface area contributed by atoms with Crippen molar-refractivity contribution in [1.29, 1.82) is 0 Å². The highest BCUT2D eigenvalue weighted by Crippen LogP contribution is 2.02. The van der Waals surface area contributed by atoms with Crippen molar-refractivity contribution in [3.05, 3.63) is 18.6 Å². The molecular weight excluding hydrogens is 222 g/mol. The van der Waals surface area contributed by atoms with Gasteiger partial charge in [0.25, 0.3) is 0 Å². The number of nitrogens with one attached hydrogen (secondary N) is 1. The average molecular weight is 231 g/mol. The van der Waals surface area contributed by atoms with E-state index in [2.05, 4.69) is 14.7 Å². The monoisotopic (exact) mass is 231 g/mol. The maximum Gasteiger partial charge on any atom is 0.304 e. The lowest BCUT2D eigenvalue weighted by molar-refractivity contribution is -0.136. The fraction of sp³-hybridized carbons (Fsp3) is 0.286. The molecule has 0 fully saturated rings. The Morgan fingerprint density at radius 1 is 1.47 bits per heavy atom. The van der Waals surface area contributed by atoms with Crippen LogP contribution in [-0.2, 0) is 14.8 Å². The fourth-order valence-corrected chi connectivity index (χ4v) is 1.75. The Labute approximate surface area is 86.2 Å². The Morgan fingerprint density at radius 2 is 2.20 bits per heavy atom. The molecule has 1 aromatic heterocycles. The summed E-state index contributed by atoms with van der Waals surface area (Å²) < 4.78 is 24.6. The number of nitrogens with zero attached hydrogens (tertiary/aromatic N) is 2. The first-order chi connectivity index (χ1) is 6.99. The maximum absolute atomic E-state index is 11.3. The first kappa shape index (κ1) is 11.4. The molecule has 7 nitrogen and oxygen atoms in total. The molecule has 0 aliphatic carbocycles. The van der Waals surface area contributed by atoms with E-state index in [1.807, 2.05) is 0 Å². The molecule has 0 aliphatic rings. The van der Waals surface area contributed by atoms with E-state index in [0.29, 0.717) is 0 Å². The second-order valence-corrected chi connectivity index (χ2v) is 4.50. The smallest absolute Gasteiger partial charge is 0.304 e. The third-order valence-electron chi connectivity index (χ3n) is 1.41. The third kappa shape index (κ3) is 4.36. The number of hydrogen-bond acceptors (Lipinski definition) is 5. The van der Waals surface area contributed by atoms with Gasteiger partial charge >= 0.3 is 5.97 Å². The van der Waals surface area contributed by atoms with Crippen LogP contribution in [-0.4, -0.2) is 35.2 Å². The molecular formula is C7H9N3O4S. The number of aromatic nitrogens is 2. The number of sulfonamides is 1. The van der Waals surface area contributed by atoms with Gasteiger partial charge in [0.15, 0.2) is 5.82 Å². The van der Waals surface area contributed by atoms with Gasteiger partial charge in [-0.05, 0) is 0 Å². The zero-order valence-corrected chi connectivity index (χ0v) is 8.44. The van der Waals surface area contributed by atoms with Gasteiger partial charge in [0, 0.05) is 12.4 Å². The fourth-order valence-electron chi connectivity index (χ4n) is 0.784. The van der Waals surface area contributed by atoms with Crippen molar-refractivity contribution in [3.63, 3.8) is 0 Å². The lowest BCUT2D eigenvalue weighted by Gasteiger charge is -2.04. The zero-order chi connectivity index (χ0) is 11.3. The highest BCUT2D eigenvalue weighted by Gasteiger charge is 2.13. The van der Waals surface area contributed by atoms with Crippen LogP contribution >= 0.6 is 0 Å². The number of carboxylic acids is 1. The summed E-state index contributed by atoms with van der Waals surface area (Å²) in [5.41, 5.74) is 0. The third-order valence-corrected chi connectivity index (χ3v) is 2.67. The summed E-state index contributed by atoms with van der Waals surface area (Å²) in [6.07, 6.45) is 3.51. The summed E-state index contributed by atoms with van der Waals surface area (Å²) in [7, 11) is -3.66. The number of anilines is 1. The van der Waals surface area contributed by atoms with E-state index >= 15 is 0 Å². The van der Waals surface area contributed by atoms with E-state index in [0.717, 1.165) is 0 Å². The van der Waals surface area contributed by atoms with E-state index in [4.69, 9.17) is 5.11 Å². The first-order valence-electron chi connectivity index (χ1n) is 3.98. The van der Waals surface area contributed by atoms with Gasteiger partial charge in [-0.2, -0.15) is 0 Å². The Hall–Kier alpha value is -1.70. The Balaban J connectivity index is 2.61. The summed E-state index contributed by atoms with van der Waals surface area (Å²) in [5, 5.41) is 8.32. The molecule has 82 valence electrons. The molecule has 2 N–H and O–H groups in total. The van der Waals surface area contributed by atoms with Crippen molar-refractivity contribution in [2.45, 2.75) is 6.42 Å². The zero-order valence-electron chi connectivity index (χ0n) is 7.62. The molecule has 0 aliphatic heterocycles. The Bertz CT molecular complexity index is 431. The van der Waals surface area contributed by atoms with Gasteiger partial charge in [0.05, 0.1) is 18.4 Å². The van der Waals surface area contributed by atoms with Crippen LogP contribution in [0.3, 0.4) is 0 Å². The van der Waals surface area contributed by atoms with Crippen molar-refractivity contribution in [3.8, 4) is 0 Å². The summed E-state index contributed by atoms with van der Waals surface area (Å²) in [5.74, 6) is -1.58. The molecule has 0 saturated carbocycles. The van der Waals surface area contributed by atoms with Gasteiger partial charge in [-0.1, -0.05) is 0 Å². The first-order valence-corrected chi connectivity index (χ1v) is 5.63. The van der Waals surface area contributed by atoms with Crippen LogP contribution in [0.25, 0.3) is 0 Å². The van der Waals surface area contributed by atoms with Crippen molar-refractivity contribution in [2.75, 3.05) is 10.5 Å². The lowest BCUT2D eigenvalue weighted by Crippen LogP contribution is -2.19. The van der Waals surface area contributed by atoms with Crippen molar-refractivity contribution in [2.24, 2.45) is 0 Å². The van der Waals surface area contributed by atoms with Crippen molar-refractivity contribution < 1.29 is 18.3 Å². The molecule has 0 bridgehead atoms. The molecule has 1 heterocycles. The SMILES string of the molecule is O=C(O)CCS(=O)(=O)Nc1cnccn1. The average Bonchev–Trinajstić information content (AvgIpc) is 2.16. The minimum atomic E-state index is -3.66. The minimum Gasteiger partial charge on any atom is -0.481 e. The predicted molar refractivity (Wildman–Crippen MR) is 51.7 cm³/mol. The van der Waals surface area contributed by atoms with Crippen LogP contribution in [0.15, 0.2) is 18.6 Å². The van der Waals surface area contributed by atoms with Crippen LogP contribution in [0.2, 0.25) is 0 Å². The molecule has 15 heavy (non-hydrogen) atoms. The van der Waals surface area contributed by atoms with Gasteiger partial charge in [-0.3, -0.25) is 14.5 Å². The summed E-state index contributed by atoms with van der Waals surface area (Å²) >= 11 is 0. The molecule has 0 atom stereocenters. The van der Waals surface area contributed by atoms with E-state index in [9.17, 15) is 13.2 Å². The maximum atomic E-state index is 11.3. The van der Waals surface area contributed by atoms with Crippen molar-refractivity contribution in [1.82, 2.24) is 9.97 Å². The van der Waals surface area contributed by atoms with Crippen LogP contribution in [0, 0.1) is 0 Å². The second-order valence-electron chi connectivity index (χ2n) is 2.66. The Morgan fingerprint density at radius 3 is 2.73 bits per heavy atom. The van der Waals surface area contributed by atoms with Crippen LogP contribution in [0.1, 0.15) is 6.42 Å². The van der Waals surface area contributed by atoms with E-state index in [-0.39, 0.29) is 5.82 Å². The van der Waals surface area contributed by atoms with Crippen molar-refractivity contribution >= 4 is 21.8 Å². The largest absolute Gasteiger partial charge is 0.481 e. The van der Waals surface area contributed by atoms with E-state index in [1.165, 1.54) is 18.6 Å². The normalized spacial score (nSPS) is 10.9. The molecule has 0 aromatic carbocycles. The van der Waals surface area contributed by atoms with E-state index in [1.54, 1.807) is 0 Å². The number of carboxylic acid groups (broad SMARTS) is 1. The number of hydrogen-bond donors (Lipinski definition) is 2. The highest BCUT2D eigenvalue weighted by molar-refractivity contribution is 7.92. The summed E-state index contributed by atoms with van der Waals surface area (Å²) in [4.78, 5) is 17.5. The molecule has 0 amide bonds. The minimum absolute atomic E-state index is 0.0721. The molecule has 1 rings (SSSR count). The molecule has 0 spiro atoms. The summed E-state index contributed by atoms with van der Waals surface area (Å²) in [6.45, 7) is 0. The van der Waals surface area contributed by atoms with Crippen LogP contribution < -0.4 is 4.72 Å². The number of carbonyl (C=O) groups is 1. The van der Waals surface area contributed by atoms with Gasteiger partial charge in [0.2, 0.25) is 10.0 Å². The van der Waals surface area contributed by atoms with Crippen LogP contribution in [0.5, 0.6) is 0 Å². The van der Waals surface area contributed by atoms with Gasteiger partial charge in [0.1, 0.15) is 0 Å². The predicted octanol–water partition coefficient (Wildman–Crippen LogP) is -0.307. The number of aliphatic carboxylic acids is 1. The second kappa shape index (κ2) is 4.69. The molecule has 1 aromatic rings. The standard InChI is InChI=1S/C7H9N3O4S/c11-7(12)1-4-15(13,14)10-6-5-8-2-3-9-6/h2-3,5H,1,4H2,(H,9,10)(H,11,12). The number of rotatable bonds is 5. The summed E-state index contributed by atoms with van der Waals surface area (Å²) in [6, 6.07) is 0. The quantitative estimate of drug-likeness (QED) is 0.719. The van der Waals surface area contributed by atoms with Gasteiger partial charge in [-0.15, -0.1) is 0 Å². The molecule has 0 unspecified atom stereocenters. The van der Waals surface area contributed by atoms with E-state index < -0.39 is 28.2 Å². The topological polar surface area (TPSA) is 109 Å². The molecule has 0 saturated heterocycles. The molecule has 8 heteroatoms. The molecule has 0 radical (unpaired) electrons. The lowest BCUT2D eigenvalue weighted by atomic mass is 10.5. The highest BCUT2D eigenvalue weighted by atomic mass is 32.2. The van der Waals surface area contributed by atoms with Gasteiger partial charge in [-0.25, -0.2) is 13.4 Å². The Kier molecular flexibility index (Phi) is 3.56. The van der Waals surface area contributed by atoms with Crippen LogP contribution in [0.4, 0.5) is 5.82 Å².